The number of amides is 3. The van der Waals surface area contributed by atoms with Gasteiger partial charge >= 0.3 is 0 Å². The van der Waals surface area contributed by atoms with Crippen LogP contribution in [0.1, 0.15) is 56.4 Å². The van der Waals surface area contributed by atoms with Gasteiger partial charge in [-0.3, -0.25) is 14.4 Å². The van der Waals surface area contributed by atoms with Crippen molar-refractivity contribution in [1.29, 1.82) is 0 Å². The highest BCUT2D eigenvalue weighted by Gasteiger charge is 2.31. The molecule has 7 heteroatoms. The summed E-state index contributed by atoms with van der Waals surface area (Å²) >= 11 is 0. The minimum absolute atomic E-state index is 0.0364. The number of ether oxygens (including phenoxy) is 1. The van der Waals surface area contributed by atoms with E-state index in [1.807, 2.05) is 0 Å². The van der Waals surface area contributed by atoms with Crippen molar-refractivity contribution in [3.63, 3.8) is 0 Å². The first-order valence-electron chi connectivity index (χ1n) is 9.61. The molecule has 0 aromatic heterocycles. The maximum atomic E-state index is 12.6. The lowest BCUT2D eigenvalue weighted by Crippen LogP contribution is -2.39. The summed E-state index contributed by atoms with van der Waals surface area (Å²) in [7, 11) is 1.56. The van der Waals surface area contributed by atoms with E-state index in [1.165, 1.54) is 6.42 Å². The molecule has 0 radical (unpaired) electrons. The Labute approximate surface area is 159 Å². The van der Waals surface area contributed by atoms with Crippen LogP contribution >= 0.6 is 0 Å². The summed E-state index contributed by atoms with van der Waals surface area (Å²) < 4.78 is 5.22. The predicted octanol–water partition coefficient (Wildman–Crippen LogP) is 2.08. The molecule has 1 fully saturated rings. The Hall–Kier alpha value is -2.57. The smallest absolute Gasteiger partial charge is 0.228 e. The van der Waals surface area contributed by atoms with Gasteiger partial charge in [0.15, 0.2) is 0 Å². The van der Waals surface area contributed by atoms with Gasteiger partial charge in [0.25, 0.3) is 0 Å². The second-order valence-electron chi connectivity index (χ2n) is 7.20. The molecule has 1 aliphatic heterocycles. The highest BCUT2D eigenvalue weighted by Crippen LogP contribution is 2.35. The molecule has 1 saturated carbocycles. The summed E-state index contributed by atoms with van der Waals surface area (Å²) in [5, 5.41) is 8.62. The summed E-state index contributed by atoms with van der Waals surface area (Å²) in [5.74, 6) is -0.418. The highest BCUT2D eigenvalue weighted by molar-refractivity contribution is 6.01. The molecular formula is C20H27N3O4. The Morgan fingerprint density at radius 3 is 2.74 bits per heavy atom. The van der Waals surface area contributed by atoms with Crippen molar-refractivity contribution in [1.82, 2.24) is 10.6 Å². The number of anilines is 1. The number of carbonyl (C=O) groups excluding carboxylic acids is 3. The molecule has 3 N–H and O–H groups in total. The number of nitrogens with one attached hydrogen (secondary N) is 3. The second kappa shape index (κ2) is 8.88. The van der Waals surface area contributed by atoms with E-state index in [1.54, 1.807) is 25.3 Å². The Morgan fingerprint density at radius 1 is 1.22 bits per heavy atom. The summed E-state index contributed by atoms with van der Waals surface area (Å²) in [6.45, 7) is 0.259. The summed E-state index contributed by atoms with van der Waals surface area (Å²) in [6, 6.07) is 5.52. The fourth-order valence-electron chi connectivity index (χ4n) is 3.77. The van der Waals surface area contributed by atoms with E-state index < -0.39 is 5.92 Å². The van der Waals surface area contributed by atoms with Gasteiger partial charge in [-0.05, 0) is 36.6 Å². The number of methoxy groups -OCH3 is 1. The maximum absolute atomic E-state index is 12.6. The minimum atomic E-state index is -0.578. The molecule has 1 aliphatic carbocycles. The average molecular weight is 373 g/mol. The van der Waals surface area contributed by atoms with Gasteiger partial charge in [-0.2, -0.15) is 0 Å². The van der Waals surface area contributed by atoms with Crippen LogP contribution in [0.25, 0.3) is 0 Å². The van der Waals surface area contributed by atoms with Crippen LogP contribution in [-0.2, 0) is 14.4 Å². The molecule has 0 saturated heterocycles. The third-order valence-electron chi connectivity index (χ3n) is 5.24. The van der Waals surface area contributed by atoms with Crippen LogP contribution in [0.5, 0.6) is 5.75 Å². The standard InChI is InChI=1S/C20H27N3O4/c1-27-14-7-8-17-15(11-14)16(12-19(25)23-17)20(26)21-10-9-18(24)22-13-5-3-2-4-6-13/h7-8,11,13,16H,2-6,9-10,12H2,1H3,(H,21,26)(H,22,24)(H,23,25)/t16-/m0/s1. The van der Waals surface area contributed by atoms with Gasteiger partial charge in [0, 0.05) is 31.1 Å². The molecule has 0 bridgehead atoms. The lowest BCUT2D eigenvalue weighted by atomic mass is 9.89. The highest BCUT2D eigenvalue weighted by atomic mass is 16.5. The van der Waals surface area contributed by atoms with Crippen LogP contribution in [0, 0.1) is 0 Å². The van der Waals surface area contributed by atoms with Crippen LogP contribution < -0.4 is 20.7 Å². The number of carbonyl (C=O) groups is 3. The first-order valence-corrected chi connectivity index (χ1v) is 9.61. The quantitative estimate of drug-likeness (QED) is 0.711. The molecule has 2 aliphatic rings. The number of fused-ring (bicyclic) bond motifs is 1. The van der Waals surface area contributed by atoms with Crippen LogP contribution in [0.15, 0.2) is 18.2 Å². The van der Waals surface area contributed by atoms with E-state index in [0.29, 0.717) is 11.4 Å². The van der Waals surface area contributed by atoms with Gasteiger partial charge in [-0.15, -0.1) is 0 Å². The van der Waals surface area contributed by atoms with E-state index in [0.717, 1.165) is 31.2 Å². The molecule has 1 heterocycles. The first kappa shape index (κ1) is 19.2. The van der Waals surface area contributed by atoms with E-state index in [-0.39, 0.29) is 43.1 Å². The van der Waals surface area contributed by atoms with E-state index in [4.69, 9.17) is 4.74 Å². The van der Waals surface area contributed by atoms with Gasteiger partial charge in [0.2, 0.25) is 17.7 Å². The third-order valence-corrected chi connectivity index (χ3v) is 5.24. The molecule has 146 valence electrons. The zero-order chi connectivity index (χ0) is 19.2. The molecule has 0 unspecified atom stereocenters. The average Bonchev–Trinajstić information content (AvgIpc) is 2.67. The van der Waals surface area contributed by atoms with Crippen molar-refractivity contribution in [3.8, 4) is 5.75 Å². The molecule has 3 rings (SSSR count). The molecule has 0 spiro atoms. The lowest BCUT2D eigenvalue weighted by molar-refractivity contribution is -0.126. The molecule has 1 aromatic carbocycles. The van der Waals surface area contributed by atoms with Gasteiger partial charge in [0.05, 0.1) is 13.0 Å². The van der Waals surface area contributed by atoms with Crippen molar-refractivity contribution in [2.45, 2.75) is 56.9 Å². The van der Waals surface area contributed by atoms with Crippen LogP contribution in [0.4, 0.5) is 5.69 Å². The number of hydrogen-bond acceptors (Lipinski definition) is 4. The monoisotopic (exact) mass is 373 g/mol. The van der Waals surface area contributed by atoms with Gasteiger partial charge in [0.1, 0.15) is 5.75 Å². The SMILES string of the molecule is COc1ccc2c(c1)[C@@H](C(=O)NCCC(=O)NC1CCCCC1)CC(=O)N2. The van der Waals surface area contributed by atoms with Crippen molar-refractivity contribution in [3.05, 3.63) is 23.8 Å². The zero-order valence-corrected chi connectivity index (χ0v) is 15.7. The Kier molecular flexibility index (Phi) is 6.32. The molecule has 27 heavy (non-hydrogen) atoms. The largest absolute Gasteiger partial charge is 0.497 e. The Bertz CT molecular complexity index is 713. The molecule has 1 atom stereocenters. The summed E-state index contributed by atoms with van der Waals surface area (Å²) in [5.41, 5.74) is 1.36. The van der Waals surface area contributed by atoms with E-state index >= 15 is 0 Å². The topological polar surface area (TPSA) is 96.5 Å². The van der Waals surface area contributed by atoms with Crippen molar-refractivity contribution >= 4 is 23.4 Å². The fourth-order valence-corrected chi connectivity index (χ4v) is 3.77. The van der Waals surface area contributed by atoms with E-state index in [2.05, 4.69) is 16.0 Å². The number of benzene rings is 1. The number of hydrogen-bond donors (Lipinski definition) is 3. The Balaban J connectivity index is 1.53. The van der Waals surface area contributed by atoms with Crippen molar-refractivity contribution < 1.29 is 19.1 Å². The summed E-state index contributed by atoms with van der Waals surface area (Å²) in [6.07, 6.45) is 5.96. The fraction of sp³-hybridized carbons (Fsp3) is 0.550. The van der Waals surface area contributed by atoms with Gasteiger partial charge in [-0.25, -0.2) is 0 Å². The normalized spacial score (nSPS) is 19.6. The van der Waals surface area contributed by atoms with Gasteiger partial charge in [-0.1, -0.05) is 19.3 Å². The first-order chi connectivity index (χ1) is 13.1. The molecule has 3 amide bonds. The molecule has 1 aromatic rings. The lowest BCUT2D eigenvalue weighted by Gasteiger charge is -2.25. The maximum Gasteiger partial charge on any atom is 0.228 e. The van der Waals surface area contributed by atoms with Crippen LogP contribution in [0.3, 0.4) is 0 Å². The second-order valence-corrected chi connectivity index (χ2v) is 7.20. The predicted molar refractivity (Wildman–Crippen MR) is 102 cm³/mol. The van der Waals surface area contributed by atoms with Crippen molar-refractivity contribution in [2.75, 3.05) is 19.0 Å². The van der Waals surface area contributed by atoms with Crippen LogP contribution in [0.2, 0.25) is 0 Å². The van der Waals surface area contributed by atoms with Crippen molar-refractivity contribution in [2.24, 2.45) is 0 Å². The summed E-state index contributed by atoms with van der Waals surface area (Å²) in [4.78, 5) is 36.6. The number of rotatable bonds is 6. The zero-order valence-electron chi connectivity index (χ0n) is 15.7. The minimum Gasteiger partial charge on any atom is -0.497 e. The van der Waals surface area contributed by atoms with E-state index in [9.17, 15) is 14.4 Å². The Morgan fingerprint density at radius 2 is 2.00 bits per heavy atom. The van der Waals surface area contributed by atoms with Gasteiger partial charge < -0.3 is 20.7 Å². The molecular weight excluding hydrogens is 346 g/mol. The molecule has 7 nitrogen and oxygen atoms in total. The van der Waals surface area contributed by atoms with Crippen LogP contribution in [-0.4, -0.2) is 37.4 Å². The third kappa shape index (κ3) is 4.99.